The zero-order valence-corrected chi connectivity index (χ0v) is 20.6. The van der Waals surface area contributed by atoms with Crippen LogP contribution in [-0.4, -0.2) is 23.3 Å². The quantitative estimate of drug-likeness (QED) is 0.438. The average molecular weight is 481 g/mol. The van der Waals surface area contributed by atoms with E-state index < -0.39 is 17.0 Å². The summed E-state index contributed by atoms with van der Waals surface area (Å²) in [4.78, 5) is 29.1. The Labute approximate surface area is 204 Å². The molecule has 4 rings (SSSR count). The minimum Gasteiger partial charge on any atom is -0.356 e. The SMILES string of the molecule is CC.CCNC(=O)C(C)(C)c1ccc(Nc2cc(-c3c(F)cccc3F)nc3c2C(=O)NC3)cc1. The molecule has 184 valence electrons. The molecule has 1 aliphatic heterocycles. The van der Waals surface area contributed by atoms with Gasteiger partial charge in [0.2, 0.25) is 5.91 Å². The third-order valence-electron chi connectivity index (χ3n) is 5.75. The fourth-order valence-electron chi connectivity index (χ4n) is 3.84. The standard InChI is InChI=1S/C25H24F2N4O2.C2H6/c1-4-28-24(33)25(2,3)14-8-10-15(11-9-14)30-19-12-18(21-16(26)6-5-7-17(21)27)31-20-13-29-23(32)22(19)20;1-2/h5-12H,4,13H2,1-3H3,(H,28,33)(H,29,32)(H,30,31);1-2H3. The molecular weight excluding hydrogens is 450 g/mol. The van der Waals surface area contributed by atoms with Gasteiger partial charge in [0.15, 0.2) is 0 Å². The Bertz CT molecular complexity index is 1220. The second-order valence-electron chi connectivity index (χ2n) is 8.34. The number of carbonyl (C=O) groups is 2. The second-order valence-corrected chi connectivity index (χ2v) is 8.34. The van der Waals surface area contributed by atoms with Crippen LogP contribution in [0.15, 0.2) is 48.5 Å². The molecule has 0 fully saturated rings. The first kappa shape index (κ1) is 25.8. The summed E-state index contributed by atoms with van der Waals surface area (Å²) < 4.78 is 28.8. The number of anilines is 2. The number of carbonyl (C=O) groups excluding carboxylic acids is 2. The predicted molar refractivity (Wildman–Crippen MR) is 134 cm³/mol. The molecule has 0 radical (unpaired) electrons. The van der Waals surface area contributed by atoms with Gasteiger partial charge in [-0.1, -0.05) is 32.0 Å². The van der Waals surface area contributed by atoms with Crippen molar-refractivity contribution in [3.05, 3.63) is 77.0 Å². The maximum absolute atomic E-state index is 14.4. The van der Waals surface area contributed by atoms with Gasteiger partial charge in [-0.2, -0.15) is 0 Å². The van der Waals surface area contributed by atoms with Crippen LogP contribution in [0.2, 0.25) is 0 Å². The van der Waals surface area contributed by atoms with Gasteiger partial charge in [-0.3, -0.25) is 9.59 Å². The molecule has 3 aromatic rings. The van der Waals surface area contributed by atoms with E-state index in [1.54, 1.807) is 12.1 Å². The highest BCUT2D eigenvalue weighted by atomic mass is 19.1. The van der Waals surface area contributed by atoms with Crippen LogP contribution >= 0.6 is 0 Å². The summed E-state index contributed by atoms with van der Waals surface area (Å²) in [5.74, 6) is -1.86. The number of rotatable bonds is 6. The number of aromatic nitrogens is 1. The average Bonchev–Trinajstić information content (AvgIpc) is 3.21. The van der Waals surface area contributed by atoms with Gasteiger partial charge in [0, 0.05) is 12.2 Å². The number of halogens is 2. The summed E-state index contributed by atoms with van der Waals surface area (Å²) >= 11 is 0. The van der Waals surface area contributed by atoms with Crippen LogP contribution in [-0.2, 0) is 16.8 Å². The molecule has 0 unspecified atom stereocenters. The van der Waals surface area contributed by atoms with E-state index in [2.05, 4.69) is 20.9 Å². The van der Waals surface area contributed by atoms with Crippen LogP contribution in [0.4, 0.5) is 20.2 Å². The number of hydrogen-bond donors (Lipinski definition) is 3. The van der Waals surface area contributed by atoms with Gasteiger partial charge in [0.05, 0.1) is 40.2 Å². The summed E-state index contributed by atoms with van der Waals surface area (Å²) in [7, 11) is 0. The predicted octanol–water partition coefficient (Wildman–Crippen LogP) is 5.45. The Balaban J connectivity index is 0.00000167. The highest BCUT2D eigenvalue weighted by Gasteiger charge is 2.30. The molecular formula is C27H30F2N4O2. The van der Waals surface area contributed by atoms with E-state index in [-0.39, 0.29) is 29.6 Å². The van der Waals surface area contributed by atoms with Crippen molar-refractivity contribution in [3.8, 4) is 11.3 Å². The van der Waals surface area contributed by atoms with Crippen LogP contribution in [0.3, 0.4) is 0 Å². The molecule has 0 saturated heterocycles. The first-order valence-electron chi connectivity index (χ1n) is 11.6. The van der Waals surface area contributed by atoms with Crippen molar-refractivity contribution < 1.29 is 18.4 Å². The van der Waals surface area contributed by atoms with E-state index in [0.717, 1.165) is 5.56 Å². The van der Waals surface area contributed by atoms with Crippen LogP contribution < -0.4 is 16.0 Å². The van der Waals surface area contributed by atoms with Gasteiger partial charge >= 0.3 is 0 Å². The number of benzene rings is 2. The Morgan fingerprint density at radius 1 is 1.06 bits per heavy atom. The van der Waals surface area contributed by atoms with E-state index in [4.69, 9.17) is 0 Å². The van der Waals surface area contributed by atoms with Crippen LogP contribution in [0.1, 0.15) is 56.2 Å². The maximum Gasteiger partial charge on any atom is 0.255 e. The number of hydrogen-bond acceptors (Lipinski definition) is 4. The molecule has 0 aliphatic carbocycles. The molecule has 35 heavy (non-hydrogen) atoms. The minimum atomic E-state index is -0.734. The van der Waals surface area contributed by atoms with Gasteiger partial charge < -0.3 is 16.0 Å². The van der Waals surface area contributed by atoms with Crippen LogP contribution in [0.5, 0.6) is 0 Å². The smallest absolute Gasteiger partial charge is 0.255 e. The van der Waals surface area contributed by atoms with E-state index in [1.165, 1.54) is 24.3 Å². The number of amides is 2. The lowest BCUT2D eigenvalue weighted by molar-refractivity contribution is -0.125. The first-order chi connectivity index (χ1) is 16.7. The first-order valence-corrected chi connectivity index (χ1v) is 11.6. The maximum atomic E-state index is 14.4. The largest absolute Gasteiger partial charge is 0.356 e. The van der Waals surface area contributed by atoms with E-state index in [9.17, 15) is 18.4 Å². The van der Waals surface area contributed by atoms with Gasteiger partial charge in [-0.05, 0) is 56.7 Å². The van der Waals surface area contributed by atoms with Crippen LogP contribution in [0.25, 0.3) is 11.3 Å². The number of fused-ring (bicyclic) bond motifs is 1. The number of nitrogens with zero attached hydrogens (tertiary/aromatic N) is 1. The third-order valence-corrected chi connectivity index (χ3v) is 5.75. The summed E-state index contributed by atoms with van der Waals surface area (Å²) in [6.07, 6.45) is 0. The van der Waals surface area contributed by atoms with Gasteiger partial charge in [0.25, 0.3) is 5.91 Å². The van der Waals surface area contributed by atoms with Crippen molar-refractivity contribution in [1.29, 1.82) is 0 Å². The van der Waals surface area contributed by atoms with E-state index in [0.29, 0.717) is 29.2 Å². The summed E-state index contributed by atoms with van der Waals surface area (Å²) in [6.45, 7) is 10.3. The monoisotopic (exact) mass is 480 g/mol. The molecule has 2 aromatic carbocycles. The molecule has 0 atom stereocenters. The Morgan fingerprint density at radius 2 is 1.69 bits per heavy atom. The van der Waals surface area contributed by atoms with Gasteiger partial charge in [-0.25, -0.2) is 13.8 Å². The molecule has 0 saturated carbocycles. The van der Waals surface area contributed by atoms with Crippen molar-refractivity contribution in [2.75, 3.05) is 11.9 Å². The van der Waals surface area contributed by atoms with Crippen molar-refractivity contribution >= 4 is 23.2 Å². The summed E-state index contributed by atoms with van der Waals surface area (Å²) in [5, 5.41) is 8.71. The topological polar surface area (TPSA) is 83.1 Å². The lowest BCUT2D eigenvalue weighted by Gasteiger charge is -2.24. The molecule has 2 heterocycles. The molecule has 1 aliphatic rings. The highest BCUT2D eigenvalue weighted by molar-refractivity contribution is 6.04. The molecule has 2 amide bonds. The van der Waals surface area contributed by atoms with E-state index in [1.807, 2.05) is 46.8 Å². The zero-order valence-electron chi connectivity index (χ0n) is 20.6. The Kier molecular flexibility index (Phi) is 7.84. The third kappa shape index (κ3) is 5.16. The van der Waals surface area contributed by atoms with Crippen molar-refractivity contribution in [3.63, 3.8) is 0 Å². The van der Waals surface area contributed by atoms with Crippen molar-refractivity contribution in [2.24, 2.45) is 0 Å². The fraction of sp³-hybridized carbons (Fsp3) is 0.296. The second kappa shape index (κ2) is 10.6. The Hall–Kier alpha value is -3.81. The number of likely N-dealkylation sites (N-methyl/N-ethyl adjacent to an activating group) is 1. The minimum absolute atomic E-state index is 0.0779. The van der Waals surface area contributed by atoms with Crippen molar-refractivity contribution in [2.45, 2.75) is 46.6 Å². The lowest BCUT2D eigenvalue weighted by atomic mass is 9.83. The molecule has 0 spiro atoms. The van der Waals surface area contributed by atoms with Gasteiger partial charge in [-0.15, -0.1) is 0 Å². The molecule has 6 nitrogen and oxygen atoms in total. The summed E-state index contributed by atoms with van der Waals surface area (Å²) in [6, 6.07) is 12.3. The van der Waals surface area contributed by atoms with Crippen molar-refractivity contribution in [1.82, 2.24) is 15.6 Å². The van der Waals surface area contributed by atoms with Gasteiger partial charge in [0.1, 0.15) is 11.6 Å². The highest BCUT2D eigenvalue weighted by Crippen LogP contribution is 2.34. The normalized spacial score (nSPS) is 12.3. The summed E-state index contributed by atoms with van der Waals surface area (Å²) in [5.41, 5.74) is 1.74. The zero-order chi connectivity index (χ0) is 25.8. The molecule has 8 heteroatoms. The Morgan fingerprint density at radius 3 is 2.29 bits per heavy atom. The van der Waals surface area contributed by atoms with Crippen LogP contribution in [0, 0.1) is 11.6 Å². The molecule has 0 bridgehead atoms. The lowest BCUT2D eigenvalue weighted by Crippen LogP contribution is -2.39. The number of nitrogens with one attached hydrogen (secondary N) is 3. The number of pyridine rings is 1. The molecule has 1 aromatic heterocycles. The molecule has 3 N–H and O–H groups in total. The van der Waals surface area contributed by atoms with E-state index >= 15 is 0 Å². The fourth-order valence-corrected chi connectivity index (χ4v) is 3.84.